The van der Waals surface area contributed by atoms with Crippen molar-refractivity contribution in [2.45, 2.75) is 23.4 Å². The van der Waals surface area contributed by atoms with Crippen LogP contribution in [0.5, 0.6) is 0 Å². The number of aromatic nitrogens is 1. The number of hydrogen-bond acceptors (Lipinski definition) is 8. The molecule has 0 bridgehead atoms. The summed E-state index contributed by atoms with van der Waals surface area (Å²) >= 11 is 1.35. The van der Waals surface area contributed by atoms with E-state index in [-0.39, 0.29) is 29.5 Å². The molecule has 0 amide bonds. The van der Waals surface area contributed by atoms with Gasteiger partial charge in [-0.05, 0) is 19.1 Å². The van der Waals surface area contributed by atoms with Crippen LogP contribution in [0.3, 0.4) is 0 Å². The number of carboxylic acid groups (broad SMARTS) is 1. The van der Waals surface area contributed by atoms with E-state index >= 15 is 0 Å². The highest BCUT2D eigenvalue weighted by Gasteiger charge is 2.33. The van der Waals surface area contributed by atoms with E-state index in [0.29, 0.717) is 29.3 Å². The molecule has 5 N–H and O–H groups in total. The maximum absolute atomic E-state index is 14.6. The lowest BCUT2D eigenvalue weighted by Crippen LogP contribution is -2.44. The summed E-state index contributed by atoms with van der Waals surface area (Å²) in [6, 6.07) is 2.87. The maximum atomic E-state index is 14.6. The molecule has 4 rings (SSSR count). The number of aliphatic hydroxyl groups excluding tert-OH is 3. The number of aromatic carboxylic acids is 1. The third-order valence-corrected chi connectivity index (χ3v) is 6.14. The van der Waals surface area contributed by atoms with Gasteiger partial charge in [-0.2, -0.15) is 0 Å². The number of nitrogens with zero attached hydrogens (tertiary/aromatic N) is 2. The average Bonchev–Trinajstić information content (AvgIpc) is 2.73. The quantitative estimate of drug-likeness (QED) is 0.451. The second-order valence-corrected chi connectivity index (χ2v) is 8.28. The molecule has 0 saturated carbocycles. The zero-order chi connectivity index (χ0) is 22.0. The number of anilines is 1. The van der Waals surface area contributed by atoms with Crippen molar-refractivity contribution in [2.75, 3.05) is 44.3 Å². The first kappa shape index (κ1) is 22.5. The van der Waals surface area contributed by atoms with E-state index in [9.17, 15) is 19.1 Å². The van der Waals surface area contributed by atoms with Gasteiger partial charge in [0.1, 0.15) is 17.5 Å². The first-order chi connectivity index (χ1) is 14.3. The largest absolute Gasteiger partial charge is 0.477 e. The molecule has 0 aliphatic carbocycles. The molecule has 3 heterocycles. The number of fused-ring (bicyclic) bond motifs is 3. The zero-order valence-electron chi connectivity index (χ0n) is 16.3. The second kappa shape index (κ2) is 9.31. The first-order valence-electron chi connectivity index (χ1n) is 9.47. The number of halogens is 1. The van der Waals surface area contributed by atoms with Gasteiger partial charge in [-0.3, -0.25) is 4.79 Å². The monoisotopic (exact) mass is 441 g/mol. The Hall–Kier alpha value is -2.18. The predicted octanol–water partition coefficient (Wildman–Crippen LogP) is 0.204. The molecule has 30 heavy (non-hydrogen) atoms. The van der Waals surface area contributed by atoms with Crippen LogP contribution >= 0.6 is 11.8 Å². The van der Waals surface area contributed by atoms with Crippen LogP contribution < -0.4 is 15.6 Å². The van der Waals surface area contributed by atoms with Crippen LogP contribution in [0.2, 0.25) is 0 Å². The fraction of sp³-hybridized carbons (Fsp3) is 0.474. The number of benzene rings is 1. The normalized spacial score (nSPS) is 17.9. The number of rotatable bonds is 4. The molecule has 0 spiro atoms. The molecule has 1 saturated heterocycles. The van der Waals surface area contributed by atoms with E-state index in [0.717, 1.165) is 13.1 Å². The third-order valence-electron chi connectivity index (χ3n) is 4.97. The smallest absolute Gasteiger partial charge is 0.342 e. The van der Waals surface area contributed by atoms with Gasteiger partial charge in [0.05, 0.1) is 34.8 Å². The van der Waals surface area contributed by atoms with Crippen LogP contribution in [0.4, 0.5) is 10.1 Å². The van der Waals surface area contributed by atoms with E-state index in [2.05, 4.69) is 5.32 Å². The summed E-state index contributed by atoms with van der Waals surface area (Å²) in [5.74, 6) is -1.75. The minimum atomic E-state index is -1.27. The van der Waals surface area contributed by atoms with Gasteiger partial charge in [-0.25, -0.2) is 9.18 Å². The number of piperazine rings is 1. The topological polar surface area (TPSA) is 135 Å². The summed E-state index contributed by atoms with van der Waals surface area (Å²) in [5, 5.41) is 37.2. The fourth-order valence-electron chi connectivity index (χ4n) is 3.43. The Balaban J connectivity index is 0.000000377. The van der Waals surface area contributed by atoms with E-state index in [1.165, 1.54) is 17.8 Å². The number of carboxylic acids is 1. The van der Waals surface area contributed by atoms with Crippen LogP contribution in [0, 0.1) is 5.82 Å². The van der Waals surface area contributed by atoms with E-state index in [4.69, 9.17) is 15.3 Å². The lowest BCUT2D eigenvalue weighted by molar-refractivity contribution is 0.0450. The standard InChI is InChI=1S/C16H16FN3O3S.C3H8O3/c1-8-20-11-7-12(19-4-2-18-3-5-19)10(17)6-9(11)14(21)13(16(22)23)15(20)24-8;4-1-3(6)2-5/h6-8,18H,2-5H2,1H3,(H,22,23);3-6H,1-2H2. The number of pyridine rings is 1. The Morgan fingerprint density at radius 2 is 1.93 bits per heavy atom. The number of carbonyl (C=O) groups is 1. The molecule has 164 valence electrons. The van der Waals surface area contributed by atoms with E-state index < -0.39 is 23.3 Å². The fourth-order valence-corrected chi connectivity index (χ4v) is 4.58. The Morgan fingerprint density at radius 3 is 2.43 bits per heavy atom. The summed E-state index contributed by atoms with van der Waals surface area (Å²) in [6.07, 6.45) is -0.954. The lowest BCUT2D eigenvalue weighted by Gasteiger charge is -2.34. The maximum Gasteiger partial charge on any atom is 0.342 e. The zero-order valence-corrected chi connectivity index (χ0v) is 17.2. The van der Waals surface area contributed by atoms with Gasteiger partial charge in [-0.1, -0.05) is 11.8 Å². The molecule has 0 radical (unpaired) electrons. The third kappa shape index (κ3) is 4.16. The summed E-state index contributed by atoms with van der Waals surface area (Å²) in [6.45, 7) is 4.14. The molecular formula is C19H24FN3O6S. The van der Waals surface area contributed by atoms with Gasteiger partial charge in [0.2, 0.25) is 5.43 Å². The van der Waals surface area contributed by atoms with Crippen molar-refractivity contribution in [2.24, 2.45) is 0 Å². The molecule has 1 aromatic carbocycles. The minimum Gasteiger partial charge on any atom is -0.477 e. The molecule has 2 aromatic rings. The van der Waals surface area contributed by atoms with Crippen LogP contribution in [-0.2, 0) is 0 Å². The van der Waals surface area contributed by atoms with Crippen molar-refractivity contribution >= 4 is 34.3 Å². The van der Waals surface area contributed by atoms with Crippen LogP contribution in [0.1, 0.15) is 22.7 Å². The molecule has 1 atom stereocenters. The number of aliphatic hydroxyl groups is 3. The molecule has 9 nitrogen and oxygen atoms in total. The summed E-state index contributed by atoms with van der Waals surface area (Å²) in [4.78, 5) is 25.9. The van der Waals surface area contributed by atoms with E-state index in [1.807, 2.05) is 16.4 Å². The number of hydrogen-bond donors (Lipinski definition) is 5. The van der Waals surface area contributed by atoms with Crippen molar-refractivity contribution in [3.63, 3.8) is 0 Å². The summed E-state index contributed by atoms with van der Waals surface area (Å²) in [7, 11) is 0. The highest BCUT2D eigenvalue weighted by atomic mass is 32.2. The van der Waals surface area contributed by atoms with Crippen LogP contribution in [0.25, 0.3) is 10.9 Å². The molecule has 1 unspecified atom stereocenters. The van der Waals surface area contributed by atoms with Gasteiger partial charge >= 0.3 is 5.97 Å². The SMILES string of the molecule is CC1Sc2c(C(=O)O)c(=O)c3cc(F)c(N4CCNCC4)cc3n21.OCC(O)CO. The number of nitrogens with one attached hydrogen (secondary N) is 1. The molecule has 1 fully saturated rings. The molecule has 2 aliphatic rings. The second-order valence-electron chi connectivity index (χ2n) is 6.98. The highest BCUT2D eigenvalue weighted by Crippen LogP contribution is 2.46. The predicted molar refractivity (Wildman–Crippen MR) is 111 cm³/mol. The Morgan fingerprint density at radius 1 is 1.30 bits per heavy atom. The molecular weight excluding hydrogens is 417 g/mol. The van der Waals surface area contributed by atoms with Crippen LogP contribution in [0.15, 0.2) is 22.0 Å². The van der Waals surface area contributed by atoms with Crippen LogP contribution in [-0.4, -0.2) is 76.5 Å². The van der Waals surface area contributed by atoms with Crippen molar-refractivity contribution in [3.8, 4) is 0 Å². The van der Waals surface area contributed by atoms with E-state index in [1.54, 1.807) is 6.07 Å². The minimum absolute atomic E-state index is 0.0162. The highest BCUT2D eigenvalue weighted by molar-refractivity contribution is 8.00. The van der Waals surface area contributed by atoms with Crippen molar-refractivity contribution in [1.82, 2.24) is 9.88 Å². The lowest BCUT2D eigenvalue weighted by atomic mass is 10.1. The Bertz CT molecular complexity index is 1000. The number of thioether (sulfide) groups is 1. The first-order valence-corrected chi connectivity index (χ1v) is 10.3. The summed E-state index contributed by atoms with van der Waals surface area (Å²) < 4.78 is 16.4. The van der Waals surface area contributed by atoms with Crippen molar-refractivity contribution in [1.29, 1.82) is 0 Å². The average molecular weight is 441 g/mol. The Kier molecular flexibility index (Phi) is 6.98. The van der Waals surface area contributed by atoms with Gasteiger partial charge < -0.3 is 35.2 Å². The van der Waals surface area contributed by atoms with Gasteiger partial charge in [-0.15, -0.1) is 0 Å². The molecule has 2 aliphatic heterocycles. The Labute approximate surface area is 175 Å². The van der Waals surface area contributed by atoms with Gasteiger partial charge in [0.25, 0.3) is 0 Å². The van der Waals surface area contributed by atoms with Crippen molar-refractivity contribution in [3.05, 3.63) is 33.7 Å². The van der Waals surface area contributed by atoms with Crippen molar-refractivity contribution < 1.29 is 29.6 Å². The molecule has 1 aromatic heterocycles. The molecule has 11 heteroatoms. The summed E-state index contributed by atoms with van der Waals surface area (Å²) in [5.41, 5.74) is 0.181. The van der Waals surface area contributed by atoms with Gasteiger partial charge in [0, 0.05) is 31.6 Å². The van der Waals surface area contributed by atoms with Gasteiger partial charge in [0.15, 0.2) is 0 Å².